The van der Waals surface area contributed by atoms with Crippen LogP contribution in [0.5, 0.6) is 0 Å². The van der Waals surface area contributed by atoms with Gasteiger partial charge in [-0.1, -0.05) is 118 Å². The van der Waals surface area contributed by atoms with E-state index in [0.29, 0.717) is 5.71 Å². The lowest BCUT2D eigenvalue weighted by atomic mass is 9.82. The SMILES string of the molecule is C=C/C=C\C(=N)c1ccc(N(c2ccc3c(c2)C(C)(C)c2ccccc2-3)c2ccc3c(c2)c2ccc4c(ccn4-c4ccccc4)c2n3-c2ccccc2)cc1. The molecular weight excluding hydrogens is 681 g/mol. The van der Waals surface area contributed by atoms with Crippen molar-refractivity contribution in [3.05, 3.63) is 211 Å². The van der Waals surface area contributed by atoms with E-state index < -0.39 is 0 Å². The van der Waals surface area contributed by atoms with Crippen molar-refractivity contribution >= 4 is 55.5 Å². The summed E-state index contributed by atoms with van der Waals surface area (Å²) in [5, 5.41) is 12.2. The van der Waals surface area contributed by atoms with Crippen LogP contribution in [0, 0.1) is 5.41 Å². The van der Waals surface area contributed by atoms with Crippen molar-refractivity contribution < 1.29 is 0 Å². The first-order valence-electron chi connectivity index (χ1n) is 19.1. The fourth-order valence-corrected chi connectivity index (χ4v) is 8.84. The topological polar surface area (TPSA) is 37.0 Å². The first kappa shape index (κ1) is 33.4. The summed E-state index contributed by atoms with van der Waals surface area (Å²) in [6.07, 6.45) is 7.47. The van der Waals surface area contributed by atoms with Gasteiger partial charge in [0.15, 0.2) is 0 Å². The Balaban J connectivity index is 1.20. The summed E-state index contributed by atoms with van der Waals surface area (Å²) >= 11 is 0. The number of allylic oxidation sites excluding steroid dienone is 3. The van der Waals surface area contributed by atoms with Gasteiger partial charge in [0.2, 0.25) is 0 Å². The molecule has 9 aromatic rings. The van der Waals surface area contributed by atoms with E-state index in [-0.39, 0.29) is 5.41 Å². The predicted molar refractivity (Wildman–Crippen MR) is 236 cm³/mol. The monoisotopic (exact) mass is 720 g/mol. The molecule has 0 aliphatic heterocycles. The van der Waals surface area contributed by atoms with Gasteiger partial charge in [-0.05, 0) is 113 Å². The number of hydrogen-bond donors (Lipinski definition) is 1. The zero-order valence-electron chi connectivity index (χ0n) is 31.4. The summed E-state index contributed by atoms with van der Waals surface area (Å²) in [6.45, 7) is 8.44. The molecule has 1 aliphatic carbocycles. The zero-order valence-corrected chi connectivity index (χ0v) is 31.4. The minimum atomic E-state index is -0.140. The van der Waals surface area contributed by atoms with Crippen molar-refractivity contribution in [1.82, 2.24) is 9.13 Å². The number of anilines is 3. The maximum Gasteiger partial charge on any atom is 0.0635 e. The molecule has 0 unspecified atom stereocenters. The Hall–Kier alpha value is -7.17. The van der Waals surface area contributed by atoms with Crippen molar-refractivity contribution in [3.63, 3.8) is 0 Å². The van der Waals surface area contributed by atoms with Crippen LogP contribution in [0.1, 0.15) is 30.5 Å². The molecule has 1 N–H and O–H groups in total. The zero-order chi connectivity index (χ0) is 38.0. The van der Waals surface area contributed by atoms with Crippen LogP contribution in [0.3, 0.4) is 0 Å². The molecule has 0 saturated carbocycles. The number of hydrogen-bond acceptors (Lipinski definition) is 2. The second-order valence-corrected chi connectivity index (χ2v) is 15.1. The third-order valence-corrected chi connectivity index (χ3v) is 11.5. The van der Waals surface area contributed by atoms with Crippen molar-refractivity contribution in [2.45, 2.75) is 19.3 Å². The Labute approximate surface area is 327 Å². The van der Waals surface area contributed by atoms with E-state index in [1.165, 1.54) is 49.4 Å². The van der Waals surface area contributed by atoms with Crippen molar-refractivity contribution in [3.8, 4) is 22.5 Å². The van der Waals surface area contributed by atoms with Crippen molar-refractivity contribution in [2.24, 2.45) is 0 Å². The van der Waals surface area contributed by atoms with E-state index in [1.54, 1.807) is 18.2 Å². The van der Waals surface area contributed by atoms with E-state index in [4.69, 9.17) is 5.41 Å². The summed E-state index contributed by atoms with van der Waals surface area (Å²) in [7, 11) is 0. The van der Waals surface area contributed by atoms with Crippen LogP contribution in [0.15, 0.2) is 195 Å². The molecule has 2 aromatic heterocycles. The minimum absolute atomic E-state index is 0.140. The first-order chi connectivity index (χ1) is 27.4. The first-order valence-corrected chi connectivity index (χ1v) is 19.1. The van der Waals surface area contributed by atoms with Gasteiger partial charge in [0.05, 0.1) is 22.3 Å². The van der Waals surface area contributed by atoms with Crippen LogP contribution in [0.2, 0.25) is 0 Å². The molecule has 2 heterocycles. The van der Waals surface area contributed by atoms with Gasteiger partial charge in [0.25, 0.3) is 0 Å². The molecule has 7 aromatic carbocycles. The Bertz CT molecular complexity index is 3010. The van der Waals surface area contributed by atoms with Crippen LogP contribution in [-0.4, -0.2) is 14.8 Å². The van der Waals surface area contributed by atoms with Crippen molar-refractivity contribution in [2.75, 3.05) is 4.90 Å². The lowest BCUT2D eigenvalue weighted by Gasteiger charge is -2.28. The Morgan fingerprint density at radius 3 is 2.00 bits per heavy atom. The van der Waals surface area contributed by atoms with Crippen LogP contribution in [0.4, 0.5) is 17.1 Å². The lowest BCUT2D eigenvalue weighted by molar-refractivity contribution is 0.660. The summed E-state index contributed by atoms with van der Waals surface area (Å²) in [5.74, 6) is 0. The number of benzene rings is 7. The largest absolute Gasteiger partial charge is 0.316 e. The van der Waals surface area contributed by atoms with Gasteiger partial charge in [0, 0.05) is 56.2 Å². The number of nitrogens with one attached hydrogen (secondary N) is 1. The Kier molecular flexibility index (Phi) is 7.75. The molecule has 4 heteroatoms. The van der Waals surface area contributed by atoms with Gasteiger partial charge in [-0.3, -0.25) is 0 Å². The predicted octanol–water partition coefficient (Wildman–Crippen LogP) is 13.6. The molecule has 1 aliphatic rings. The number of rotatable bonds is 8. The number of aromatic nitrogens is 2. The van der Waals surface area contributed by atoms with E-state index in [2.05, 4.69) is 192 Å². The molecule has 0 radical (unpaired) electrons. The van der Waals surface area contributed by atoms with Gasteiger partial charge in [-0.15, -0.1) is 0 Å². The summed E-state index contributed by atoms with van der Waals surface area (Å²) < 4.78 is 4.70. The van der Waals surface area contributed by atoms with Gasteiger partial charge in [-0.2, -0.15) is 0 Å². The molecule has 0 amide bonds. The molecule has 268 valence electrons. The highest BCUT2D eigenvalue weighted by atomic mass is 15.1. The molecule has 56 heavy (non-hydrogen) atoms. The number of para-hydroxylation sites is 2. The quantitative estimate of drug-likeness (QED) is 0.123. The molecule has 0 fully saturated rings. The third kappa shape index (κ3) is 5.18. The molecule has 0 bridgehead atoms. The second kappa shape index (κ2) is 13.0. The molecule has 4 nitrogen and oxygen atoms in total. The Morgan fingerprint density at radius 2 is 1.23 bits per heavy atom. The van der Waals surface area contributed by atoms with Crippen molar-refractivity contribution in [1.29, 1.82) is 5.41 Å². The van der Waals surface area contributed by atoms with Gasteiger partial charge in [0.1, 0.15) is 0 Å². The fourth-order valence-electron chi connectivity index (χ4n) is 8.84. The smallest absolute Gasteiger partial charge is 0.0635 e. The molecule has 0 spiro atoms. The van der Waals surface area contributed by atoms with Crippen LogP contribution >= 0.6 is 0 Å². The van der Waals surface area contributed by atoms with E-state index in [1.807, 2.05) is 12.1 Å². The molecule has 10 rings (SSSR count). The maximum atomic E-state index is 8.63. The summed E-state index contributed by atoms with van der Waals surface area (Å²) in [5.41, 5.74) is 15.4. The van der Waals surface area contributed by atoms with E-state index in [0.717, 1.165) is 39.5 Å². The standard InChI is InChI=1S/C52H40N4/c1-4-5-20-48(53)35-21-23-38(24-22-35)55(40-25-27-42-41-18-12-13-19-46(41)52(2,3)47(42)34-40)39-26-29-50-45(33-39)43-28-30-49-44(31-32-54(49)36-14-8-6-9-15-36)51(43)56(50)37-16-10-7-11-17-37/h4-34,53H,1H2,2-3H3/b20-5-,53-48?. The average molecular weight is 721 g/mol. The summed E-state index contributed by atoms with van der Waals surface area (Å²) in [6, 6.07) is 59.0. The highest BCUT2D eigenvalue weighted by molar-refractivity contribution is 6.19. The van der Waals surface area contributed by atoms with Crippen LogP contribution in [0.25, 0.3) is 55.2 Å². The summed E-state index contributed by atoms with van der Waals surface area (Å²) in [4.78, 5) is 2.36. The molecule has 0 saturated heterocycles. The fraction of sp³-hybridized carbons (Fsp3) is 0.0577. The van der Waals surface area contributed by atoms with E-state index in [9.17, 15) is 0 Å². The second-order valence-electron chi connectivity index (χ2n) is 15.1. The molecule has 0 atom stereocenters. The maximum absolute atomic E-state index is 8.63. The number of fused-ring (bicyclic) bond motifs is 8. The van der Waals surface area contributed by atoms with E-state index >= 15 is 0 Å². The van der Waals surface area contributed by atoms with Gasteiger partial charge in [-0.25, -0.2) is 0 Å². The van der Waals surface area contributed by atoms with Gasteiger partial charge < -0.3 is 19.4 Å². The normalized spacial score (nSPS) is 13.0. The van der Waals surface area contributed by atoms with Crippen LogP contribution < -0.4 is 4.90 Å². The minimum Gasteiger partial charge on any atom is -0.316 e. The highest BCUT2D eigenvalue weighted by Crippen LogP contribution is 2.51. The molecular formula is C52H40N4. The third-order valence-electron chi connectivity index (χ3n) is 11.5. The Morgan fingerprint density at radius 1 is 0.589 bits per heavy atom. The lowest BCUT2D eigenvalue weighted by Crippen LogP contribution is -2.16. The average Bonchev–Trinajstić information content (AvgIpc) is 3.89. The van der Waals surface area contributed by atoms with Gasteiger partial charge >= 0.3 is 0 Å². The van der Waals surface area contributed by atoms with Crippen LogP contribution in [-0.2, 0) is 5.41 Å². The highest BCUT2D eigenvalue weighted by Gasteiger charge is 2.35. The number of nitrogens with zero attached hydrogens (tertiary/aromatic N) is 3.